The van der Waals surface area contributed by atoms with Crippen LogP contribution in [0.2, 0.25) is 0 Å². The molecule has 0 atom stereocenters. The number of rotatable bonds is 7. The van der Waals surface area contributed by atoms with Crippen LogP contribution < -0.4 is 5.32 Å². The fraction of sp³-hybridized carbons (Fsp3) is 0.294. The number of amides is 1. The molecule has 3 nitrogen and oxygen atoms in total. The van der Waals surface area contributed by atoms with E-state index in [0.29, 0.717) is 19.4 Å². The third-order valence-electron chi connectivity index (χ3n) is 3.33. The Bertz CT molecular complexity index is 587. The van der Waals surface area contributed by atoms with Crippen LogP contribution in [0.25, 0.3) is 10.8 Å². The summed E-state index contributed by atoms with van der Waals surface area (Å²) in [5.74, 6) is 0.0452. The van der Waals surface area contributed by atoms with E-state index in [1.807, 2.05) is 24.3 Å². The van der Waals surface area contributed by atoms with Gasteiger partial charge in [0.05, 0.1) is 0 Å². The quantitative estimate of drug-likeness (QED) is 0.619. The summed E-state index contributed by atoms with van der Waals surface area (Å²) in [6, 6.07) is 14.3. The second-order valence-electron chi connectivity index (χ2n) is 4.83. The summed E-state index contributed by atoms with van der Waals surface area (Å²) in [5, 5.41) is 5.30. The molecule has 0 saturated heterocycles. The number of nitrogens with one attached hydrogen (secondary N) is 1. The summed E-state index contributed by atoms with van der Waals surface area (Å²) in [6.07, 6.45) is 3.47. The van der Waals surface area contributed by atoms with E-state index in [4.69, 9.17) is 0 Å². The minimum absolute atomic E-state index is 0.0452. The zero-order valence-corrected chi connectivity index (χ0v) is 11.5. The van der Waals surface area contributed by atoms with Crippen LogP contribution in [-0.2, 0) is 16.1 Å². The Hall–Kier alpha value is -2.16. The molecule has 2 aromatic rings. The number of benzene rings is 2. The third kappa shape index (κ3) is 3.92. The van der Waals surface area contributed by atoms with Crippen molar-refractivity contribution in [2.75, 3.05) is 0 Å². The fourth-order valence-corrected chi connectivity index (χ4v) is 2.24. The molecule has 3 heteroatoms. The van der Waals surface area contributed by atoms with Crippen LogP contribution >= 0.6 is 0 Å². The highest BCUT2D eigenvalue weighted by Gasteiger charge is 2.03. The van der Waals surface area contributed by atoms with E-state index in [0.717, 1.165) is 24.7 Å². The number of hydrogen-bond acceptors (Lipinski definition) is 2. The number of carbonyl (C=O) groups is 2. The number of unbranched alkanes of at least 4 members (excludes halogenated alkanes) is 2. The van der Waals surface area contributed by atoms with Gasteiger partial charge in [0.2, 0.25) is 5.91 Å². The average molecular weight is 269 g/mol. The van der Waals surface area contributed by atoms with Gasteiger partial charge >= 0.3 is 0 Å². The SMILES string of the molecule is O=CCCCCC(=O)NCc1cccc2ccccc12. The van der Waals surface area contributed by atoms with Crippen molar-refractivity contribution < 1.29 is 9.59 Å². The molecule has 0 aromatic heterocycles. The van der Waals surface area contributed by atoms with Crippen molar-refractivity contribution in [3.8, 4) is 0 Å². The number of aldehydes is 1. The molecule has 1 amide bonds. The van der Waals surface area contributed by atoms with Crippen LogP contribution in [0.4, 0.5) is 0 Å². The van der Waals surface area contributed by atoms with Crippen LogP contribution in [0.1, 0.15) is 31.2 Å². The summed E-state index contributed by atoms with van der Waals surface area (Å²) in [5.41, 5.74) is 1.13. The Morgan fingerprint density at radius 2 is 1.85 bits per heavy atom. The van der Waals surface area contributed by atoms with E-state index in [-0.39, 0.29) is 5.91 Å². The fourth-order valence-electron chi connectivity index (χ4n) is 2.24. The zero-order chi connectivity index (χ0) is 14.2. The first-order valence-corrected chi connectivity index (χ1v) is 6.98. The highest BCUT2D eigenvalue weighted by Crippen LogP contribution is 2.18. The Labute approximate surface area is 119 Å². The smallest absolute Gasteiger partial charge is 0.220 e. The Balaban J connectivity index is 1.89. The second-order valence-corrected chi connectivity index (χ2v) is 4.83. The lowest BCUT2D eigenvalue weighted by atomic mass is 10.0. The predicted octanol–water partition coefficient (Wildman–Crippen LogP) is 3.22. The number of hydrogen-bond donors (Lipinski definition) is 1. The lowest BCUT2D eigenvalue weighted by Gasteiger charge is -2.08. The largest absolute Gasteiger partial charge is 0.352 e. The van der Waals surface area contributed by atoms with Gasteiger partial charge in [0.25, 0.3) is 0 Å². The summed E-state index contributed by atoms with van der Waals surface area (Å²) in [7, 11) is 0. The van der Waals surface area contributed by atoms with Crippen molar-refractivity contribution in [1.29, 1.82) is 0 Å². The topological polar surface area (TPSA) is 46.2 Å². The summed E-state index contributed by atoms with van der Waals surface area (Å²) in [4.78, 5) is 21.9. The van der Waals surface area contributed by atoms with Gasteiger partial charge in [0, 0.05) is 19.4 Å². The van der Waals surface area contributed by atoms with Crippen molar-refractivity contribution in [3.63, 3.8) is 0 Å². The maximum atomic E-state index is 11.7. The number of carbonyl (C=O) groups excluding carboxylic acids is 2. The molecule has 0 radical (unpaired) electrons. The number of fused-ring (bicyclic) bond motifs is 1. The zero-order valence-electron chi connectivity index (χ0n) is 11.5. The second kappa shape index (κ2) is 7.43. The van der Waals surface area contributed by atoms with Crippen molar-refractivity contribution in [3.05, 3.63) is 48.0 Å². The Morgan fingerprint density at radius 3 is 2.70 bits per heavy atom. The van der Waals surface area contributed by atoms with E-state index >= 15 is 0 Å². The highest BCUT2D eigenvalue weighted by atomic mass is 16.1. The van der Waals surface area contributed by atoms with Gasteiger partial charge in [-0.3, -0.25) is 4.79 Å². The highest BCUT2D eigenvalue weighted by molar-refractivity contribution is 5.86. The van der Waals surface area contributed by atoms with E-state index in [1.165, 1.54) is 10.8 Å². The Morgan fingerprint density at radius 1 is 1.05 bits per heavy atom. The van der Waals surface area contributed by atoms with Gasteiger partial charge in [-0.1, -0.05) is 42.5 Å². The molecular formula is C17H19NO2. The van der Waals surface area contributed by atoms with Crippen molar-refractivity contribution >= 4 is 23.0 Å². The van der Waals surface area contributed by atoms with Crippen molar-refractivity contribution in [2.45, 2.75) is 32.2 Å². The first kappa shape index (κ1) is 14.3. The minimum atomic E-state index is 0.0452. The molecule has 0 fully saturated rings. The molecule has 20 heavy (non-hydrogen) atoms. The van der Waals surface area contributed by atoms with Gasteiger partial charge in [-0.25, -0.2) is 0 Å². The van der Waals surface area contributed by atoms with E-state index in [2.05, 4.69) is 23.5 Å². The molecule has 0 spiro atoms. The molecular weight excluding hydrogens is 250 g/mol. The molecule has 0 aliphatic carbocycles. The van der Waals surface area contributed by atoms with Crippen LogP contribution in [0.15, 0.2) is 42.5 Å². The molecule has 0 aliphatic heterocycles. The van der Waals surface area contributed by atoms with Gasteiger partial charge in [-0.05, 0) is 29.2 Å². The lowest BCUT2D eigenvalue weighted by molar-refractivity contribution is -0.121. The van der Waals surface area contributed by atoms with Crippen molar-refractivity contribution in [1.82, 2.24) is 5.32 Å². The standard InChI is InChI=1S/C17H19NO2/c19-12-5-1-2-11-17(20)18-13-15-9-6-8-14-7-3-4-10-16(14)15/h3-4,6-10,12H,1-2,5,11,13H2,(H,18,20). The predicted molar refractivity (Wildman–Crippen MR) is 80.3 cm³/mol. The summed E-state index contributed by atoms with van der Waals surface area (Å²) >= 11 is 0. The molecule has 0 unspecified atom stereocenters. The summed E-state index contributed by atoms with van der Waals surface area (Å²) in [6.45, 7) is 0.549. The molecule has 0 bridgehead atoms. The minimum Gasteiger partial charge on any atom is -0.352 e. The van der Waals surface area contributed by atoms with Crippen LogP contribution in [0, 0.1) is 0 Å². The van der Waals surface area contributed by atoms with E-state index in [1.54, 1.807) is 0 Å². The molecule has 2 aromatic carbocycles. The maximum Gasteiger partial charge on any atom is 0.220 e. The molecule has 0 saturated carbocycles. The van der Waals surface area contributed by atoms with Gasteiger partial charge in [0.15, 0.2) is 0 Å². The molecule has 104 valence electrons. The van der Waals surface area contributed by atoms with Gasteiger partial charge < -0.3 is 10.1 Å². The van der Waals surface area contributed by atoms with Crippen LogP contribution in [0.5, 0.6) is 0 Å². The third-order valence-corrected chi connectivity index (χ3v) is 3.33. The van der Waals surface area contributed by atoms with E-state index in [9.17, 15) is 9.59 Å². The summed E-state index contributed by atoms with van der Waals surface area (Å²) < 4.78 is 0. The van der Waals surface area contributed by atoms with E-state index < -0.39 is 0 Å². The maximum absolute atomic E-state index is 11.7. The lowest BCUT2D eigenvalue weighted by Crippen LogP contribution is -2.22. The molecule has 1 N–H and O–H groups in total. The van der Waals surface area contributed by atoms with Gasteiger partial charge in [-0.15, -0.1) is 0 Å². The average Bonchev–Trinajstić information content (AvgIpc) is 2.49. The van der Waals surface area contributed by atoms with Gasteiger partial charge in [0.1, 0.15) is 6.29 Å². The first-order chi connectivity index (χ1) is 9.81. The monoisotopic (exact) mass is 269 g/mol. The first-order valence-electron chi connectivity index (χ1n) is 6.98. The molecule has 0 aliphatic rings. The van der Waals surface area contributed by atoms with Crippen molar-refractivity contribution in [2.24, 2.45) is 0 Å². The van der Waals surface area contributed by atoms with Gasteiger partial charge in [-0.2, -0.15) is 0 Å². The Kier molecular flexibility index (Phi) is 5.30. The normalized spacial score (nSPS) is 10.4. The van der Waals surface area contributed by atoms with Crippen LogP contribution in [0.3, 0.4) is 0 Å². The van der Waals surface area contributed by atoms with Crippen LogP contribution in [-0.4, -0.2) is 12.2 Å². The molecule has 0 heterocycles. The molecule has 2 rings (SSSR count).